The summed E-state index contributed by atoms with van der Waals surface area (Å²) in [6.45, 7) is 10.7. The molecule has 0 aliphatic carbocycles. The van der Waals surface area contributed by atoms with Gasteiger partial charge in [-0.25, -0.2) is 4.98 Å². The van der Waals surface area contributed by atoms with Crippen molar-refractivity contribution in [1.29, 1.82) is 0 Å². The standard InChI is InChI=1S/C15H18ClN2/c1-11-7-12(9-15(2,3)4)8-13(16)14(11)18-6-5-17-10-18/h5-8,10H,1,9H2,2-4H3. The van der Waals surface area contributed by atoms with E-state index in [2.05, 4.69) is 38.7 Å². The first-order valence-electron chi connectivity index (χ1n) is 5.99. The summed E-state index contributed by atoms with van der Waals surface area (Å²) in [5, 5.41) is 0.722. The van der Waals surface area contributed by atoms with Crippen LogP contribution in [0.25, 0.3) is 5.69 Å². The third-order valence-corrected chi connectivity index (χ3v) is 2.99. The first-order valence-corrected chi connectivity index (χ1v) is 6.37. The minimum atomic E-state index is 0.242. The Morgan fingerprint density at radius 2 is 2.06 bits per heavy atom. The third-order valence-electron chi connectivity index (χ3n) is 2.70. The number of hydrogen-bond donors (Lipinski definition) is 0. The minimum absolute atomic E-state index is 0.242. The van der Waals surface area contributed by atoms with E-state index in [-0.39, 0.29) is 5.41 Å². The number of aromatic nitrogens is 2. The lowest BCUT2D eigenvalue weighted by Crippen LogP contribution is -2.10. The Hall–Kier alpha value is -1.28. The predicted octanol–water partition coefficient (Wildman–Crippen LogP) is 4.30. The third kappa shape index (κ3) is 2.94. The molecule has 1 radical (unpaired) electrons. The van der Waals surface area contributed by atoms with E-state index in [9.17, 15) is 0 Å². The van der Waals surface area contributed by atoms with E-state index in [1.165, 1.54) is 5.56 Å². The van der Waals surface area contributed by atoms with Crippen LogP contribution in [0, 0.1) is 12.3 Å². The Morgan fingerprint density at radius 3 is 2.56 bits per heavy atom. The van der Waals surface area contributed by atoms with Gasteiger partial charge in [0, 0.05) is 12.4 Å². The van der Waals surface area contributed by atoms with Crippen molar-refractivity contribution in [3.8, 4) is 5.69 Å². The molecule has 0 aliphatic heterocycles. The summed E-state index contributed by atoms with van der Waals surface area (Å²) in [7, 11) is 0. The summed E-state index contributed by atoms with van der Waals surface area (Å²) in [6.07, 6.45) is 6.33. The van der Waals surface area contributed by atoms with Crippen LogP contribution >= 0.6 is 11.6 Å². The maximum Gasteiger partial charge on any atom is 0.0992 e. The SMILES string of the molecule is [CH2]c1cc(CC(C)(C)C)cc(Cl)c1-n1ccnc1. The van der Waals surface area contributed by atoms with Gasteiger partial charge in [-0.15, -0.1) is 0 Å². The molecule has 2 aromatic rings. The van der Waals surface area contributed by atoms with Crippen molar-refractivity contribution in [3.63, 3.8) is 0 Å². The molecule has 0 saturated carbocycles. The van der Waals surface area contributed by atoms with Crippen molar-refractivity contribution in [2.45, 2.75) is 27.2 Å². The molecule has 95 valence electrons. The molecule has 2 nitrogen and oxygen atoms in total. The fourth-order valence-electron chi connectivity index (χ4n) is 2.11. The van der Waals surface area contributed by atoms with Gasteiger partial charge >= 0.3 is 0 Å². The van der Waals surface area contributed by atoms with E-state index < -0.39 is 0 Å². The average Bonchev–Trinajstić information content (AvgIpc) is 2.66. The first-order chi connectivity index (χ1) is 8.37. The first kappa shape index (κ1) is 13.2. The smallest absolute Gasteiger partial charge is 0.0992 e. The maximum absolute atomic E-state index is 6.37. The predicted molar refractivity (Wildman–Crippen MR) is 76.2 cm³/mol. The molecule has 3 heteroatoms. The van der Waals surface area contributed by atoms with Gasteiger partial charge in [-0.05, 0) is 36.0 Å². The Labute approximate surface area is 114 Å². The van der Waals surface area contributed by atoms with Gasteiger partial charge in [0.25, 0.3) is 0 Å². The molecule has 0 bridgehead atoms. The lowest BCUT2D eigenvalue weighted by Gasteiger charge is -2.20. The molecule has 1 aromatic carbocycles. The van der Waals surface area contributed by atoms with E-state index in [4.69, 9.17) is 11.6 Å². The zero-order chi connectivity index (χ0) is 13.3. The number of nitrogens with zero attached hydrogens (tertiary/aromatic N) is 2. The van der Waals surface area contributed by atoms with E-state index in [1.54, 1.807) is 12.5 Å². The van der Waals surface area contributed by atoms with Crippen LogP contribution in [0.5, 0.6) is 0 Å². The van der Waals surface area contributed by atoms with Crippen LogP contribution in [0.15, 0.2) is 30.9 Å². The summed E-state index contributed by atoms with van der Waals surface area (Å²) in [4.78, 5) is 4.04. The monoisotopic (exact) mass is 261 g/mol. The summed E-state index contributed by atoms with van der Waals surface area (Å²) in [6, 6.07) is 4.13. The summed E-state index contributed by atoms with van der Waals surface area (Å²) >= 11 is 6.37. The van der Waals surface area contributed by atoms with Gasteiger partial charge in [0.2, 0.25) is 0 Å². The molecule has 1 heterocycles. The van der Waals surface area contributed by atoms with Crippen LogP contribution < -0.4 is 0 Å². The van der Waals surface area contributed by atoms with Crippen LogP contribution in [0.4, 0.5) is 0 Å². The lowest BCUT2D eigenvalue weighted by molar-refractivity contribution is 0.411. The molecular weight excluding hydrogens is 244 g/mol. The normalized spacial score (nSPS) is 11.8. The highest BCUT2D eigenvalue weighted by Crippen LogP contribution is 2.29. The zero-order valence-electron chi connectivity index (χ0n) is 11.1. The minimum Gasteiger partial charge on any atom is -0.305 e. The van der Waals surface area contributed by atoms with Gasteiger partial charge in [0.05, 0.1) is 17.0 Å². The fourth-order valence-corrected chi connectivity index (χ4v) is 2.47. The molecule has 0 fully saturated rings. The maximum atomic E-state index is 6.37. The molecule has 0 atom stereocenters. The average molecular weight is 262 g/mol. The van der Waals surface area contributed by atoms with Crippen LogP contribution in [-0.2, 0) is 6.42 Å². The van der Waals surface area contributed by atoms with Crippen LogP contribution in [0.2, 0.25) is 5.02 Å². The lowest BCUT2D eigenvalue weighted by atomic mass is 9.87. The van der Waals surface area contributed by atoms with E-state index in [1.807, 2.05) is 16.8 Å². The molecule has 0 saturated heterocycles. The number of benzene rings is 1. The number of rotatable bonds is 2. The molecular formula is C15H18ClN2. The van der Waals surface area contributed by atoms with E-state index >= 15 is 0 Å². The van der Waals surface area contributed by atoms with Gasteiger partial charge in [0.1, 0.15) is 0 Å². The van der Waals surface area contributed by atoms with Gasteiger partial charge in [-0.1, -0.05) is 38.4 Å². The second kappa shape index (κ2) is 4.77. The summed E-state index contributed by atoms with van der Waals surface area (Å²) in [5.41, 5.74) is 3.31. The number of halogens is 1. The second-order valence-corrected chi connectivity index (χ2v) is 6.20. The molecule has 0 amide bonds. The molecule has 18 heavy (non-hydrogen) atoms. The Bertz CT molecular complexity index is 513. The van der Waals surface area contributed by atoms with Gasteiger partial charge in [-0.3, -0.25) is 0 Å². The Morgan fingerprint density at radius 1 is 1.33 bits per heavy atom. The second-order valence-electron chi connectivity index (χ2n) is 5.79. The number of imidazole rings is 1. The molecule has 2 rings (SSSR count). The van der Waals surface area contributed by atoms with Crippen LogP contribution in [-0.4, -0.2) is 9.55 Å². The van der Waals surface area contributed by atoms with Crippen LogP contribution in [0.3, 0.4) is 0 Å². The van der Waals surface area contributed by atoms with E-state index in [0.717, 1.165) is 22.7 Å². The highest BCUT2D eigenvalue weighted by Gasteiger charge is 2.14. The summed E-state index contributed by atoms with van der Waals surface area (Å²) < 4.78 is 1.89. The highest BCUT2D eigenvalue weighted by atomic mass is 35.5. The van der Waals surface area contributed by atoms with Crippen molar-refractivity contribution < 1.29 is 0 Å². The quantitative estimate of drug-likeness (QED) is 0.788. The Balaban J connectivity index is 2.42. The largest absolute Gasteiger partial charge is 0.305 e. The van der Waals surface area contributed by atoms with Crippen molar-refractivity contribution in [2.24, 2.45) is 5.41 Å². The fraction of sp³-hybridized carbons (Fsp3) is 0.333. The molecule has 0 unspecified atom stereocenters. The van der Waals surface area contributed by atoms with Crippen molar-refractivity contribution in [3.05, 3.63) is 53.9 Å². The highest BCUT2D eigenvalue weighted by molar-refractivity contribution is 6.32. The van der Waals surface area contributed by atoms with Crippen molar-refractivity contribution >= 4 is 11.6 Å². The molecule has 0 aliphatic rings. The van der Waals surface area contributed by atoms with Gasteiger partial charge in [0.15, 0.2) is 0 Å². The molecule has 0 N–H and O–H groups in total. The van der Waals surface area contributed by atoms with Crippen molar-refractivity contribution in [1.82, 2.24) is 9.55 Å². The summed E-state index contributed by atoms with van der Waals surface area (Å²) in [5.74, 6) is 0. The Kier molecular flexibility index (Phi) is 3.49. The number of hydrogen-bond acceptors (Lipinski definition) is 1. The zero-order valence-corrected chi connectivity index (χ0v) is 11.8. The molecule has 1 aromatic heterocycles. The topological polar surface area (TPSA) is 17.8 Å². The van der Waals surface area contributed by atoms with Crippen molar-refractivity contribution in [2.75, 3.05) is 0 Å². The van der Waals surface area contributed by atoms with Crippen LogP contribution in [0.1, 0.15) is 31.9 Å². The van der Waals surface area contributed by atoms with Gasteiger partial charge in [-0.2, -0.15) is 0 Å². The van der Waals surface area contributed by atoms with Gasteiger partial charge < -0.3 is 4.57 Å². The molecule has 0 spiro atoms. The van der Waals surface area contributed by atoms with E-state index in [0.29, 0.717) is 0 Å².